The van der Waals surface area contributed by atoms with Gasteiger partial charge in [0.05, 0.1) is 10.7 Å². The van der Waals surface area contributed by atoms with Crippen molar-refractivity contribution in [2.75, 3.05) is 7.11 Å². The molecular formula is C6H6BrIN2O2. The molecule has 6 heteroatoms. The average Bonchev–Trinajstić information content (AvgIpc) is 2.26. The van der Waals surface area contributed by atoms with Crippen molar-refractivity contribution in [3.8, 4) is 0 Å². The third-order valence-electron chi connectivity index (χ3n) is 1.33. The number of nitrogens with zero attached hydrogens (tertiary/aromatic N) is 2. The molecule has 0 atom stereocenters. The first-order valence-electron chi connectivity index (χ1n) is 3.04. The fourth-order valence-corrected chi connectivity index (χ4v) is 1.89. The van der Waals surface area contributed by atoms with E-state index in [1.807, 2.05) is 22.6 Å². The molecule has 0 saturated heterocycles. The lowest BCUT2D eigenvalue weighted by Crippen LogP contribution is -2.09. The summed E-state index contributed by atoms with van der Waals surface area (Å²) in [6.45, 7) is 0. The third kappa shape index (κ3) is 1.63. The van der Waals surface area contributed by atoms with Crippen LogP contribution in [0.3, 0.4) is 0 Å². The summed E-state index contributed by atoms with van der Waals surface area (Å²) in [4.78, 5) is 11.2. The summed E-state index contributed by atoms with van der Waals surface area (Å²) in [6, 6.07) is 0. The minimum Gasteiger partial charge on any atom is -0.464 e. The van der Waals surface area contributed by atoms with Crippen LogP contribution < -0.4 is 0 Å². The van der Waals surface area contributed by atoms with Crippen molar-refractivity contribution >= 4 is 44.5 Å². The molecule has 0 unspecified atom stereocenters. The lowest BCUT2D eigenvalue weighted by atomic mass is 10.4. The Kier molecular flexibility index (Phi) is 3.10. The number of carbonyl (C=O) groups is 1. The van der Waals surface area contributed by atoms with Crippen molar-refractivity contribution in [3.63, 3.8) is 0 Å². The van der Waals surface area contributed by atoms with Crippen molar-refractivity contribution in [3.05, 3.63) is 13.9 Å². The first-order chi connectivity index (χ1) is 5.57. The monoisotopic (exact) mass is 344 g/mol. The van der Waals surface area contributed by atoms with E-state index in [0.717, 1.165) is 3.57 Å². The Morgan fingerprint density at radius 1 is 1.75 bits per heavy atom. The van der Waals surface area contributed by atoms with E-state index in [1.54, 1.807) is 7.05 Å². The molecule has 0 spiro atoms. The highest BCUT2D eigenvalue weighted by atomic mass is 127. The summed E-state index contributed by atoms with van der Waals surface area (Å²) >= 11 is 5.25. The number of aryl methyl sites for hydroxylation is 1. The van der Waals surface area contributed by atoms with Crippen LogP contribution in [0.1, 0.15) is 10.5 Å². The normalized spacial score (nSPS) is 10.0. The van der Waals surface area contributed by atoms with E-state index in [9.17, 15) is 4.79 Å². The second-order valence-corrected chi connectivity index (χ2v) is 3.90. The van der Waals surface area contributed by atoms with Crippen molar-refractivity contribution < 1.29 is 9.53 Å². The number of halogens is 2. The zero-order valence-electron chi connectivity index (χ0n) is 6.47. The van der Waals surface area contributed by atoms with Crippen molar-refractivity contribution in [2.45, 2.75) is 0 Å². The van der Waals surface area contributed by atoms with E-state index >= 15 is 0 Å². The number of methoxy groups -OCH3 is 1. The van der Waals surface area contributed by atoms with Crippen molar-refractivity contribution in [1.82, 2.24) is 9.78 Å². The molecule has 1 heterocycles. The van der Waals surface area contributed by atoms with Gasteiger partial charge in [-0.1, -0.05) is 0 Å². The lowest BCUT2D eigenvalue weighted by Gasteiger charge is -1.98. The van der Waals surface area contributed by atoms with Gasteiger partial charge >= 0.3 is 5.97 Å². The standard InChI is InChI=1S/C6H6BrIN2O2/c1-10-4(6(11)12-2)3(8)5(7)9-10/h1-2H3. The fourth-order valence-electron chi connectivity index (χ4n) is 0.784. The fraction of sp³-hybridized carbons (Fsp3) is 0.333. The Morgan fingerprint density at radius 3 is 2.67 bits per heavy atom. The molecule has 4 nitrogen and oxygen atoms in total. The summed E-state index contributed by atoms with van der Waals surface area (Å²) in [5, 5.41) is 4.00. The number of esters is 1. The highest BCUT2D eigenvalue weighted by molar-refractivity contribution is 14.1. The highest BCUT2D eigenvalue weighted by Gasteiger charge is 2.18. The predicted molar refractivity (Wildman–Crippen MR) is 55.0 cm³/mol. The van der Waals surface area contributed by atoms with Crippen molar-refractivity contribution in [1.29, 1.82) is 0 Å². The van der Waals surface area contributed by atoms with Gasteiger partial charge in [0.2, 0.25) is 0 Å². The number of aromatic nitrogens is 2. The summed E-state index contributed by atoms with van der Waals surface area (Å²) in [5.41, 5.74) is 0.463. The molecule has 1 aromatic heterocycles. The predicted octanol–water partition coefficient (Wildman–Crippen LogP) is 1.57. The highest BCUT2D eigenvalue weighted by Crippen LogP contribution is 2.21. The molecule has 0 saturated carbocycles. The SMILES string of the molecule is COC(=O)c1c(I)c(Br)nn1C. The molecule has 0 amide bonds. The number of ether oxygens (including phenoxy) is 1. The second kappa shape index (κ2) is 3.73. The maximum Gasteiger partial charge on any atom is 0.357 e. The van der Waals surface area contributed by atoms with E-state index in [2.05, 4.69) is 25.8 Å². The molecule has 0 bridgehead atoms. The molecule has 0 aliphatic carbocycles. The Morgan fingerprint density at radius 2 is 2.33 bits per heavy atom. The molecule has 12 heavy (non-hydrogen) atoms. The van der Waals surface area contributed by atoms with E-state index in [4.69, 9.17) is 0 Å². The van der Waals surface area contributed by atoms with Crippen LogP contribution in [-0.4, -0.2) is 22.9 Å². The topological polar surface area (TPSA) is 44.1 Å². The summed E-state index contributed by atoms with van der Waals surface area (Å²) in [6.07, 6.45) is 0. The number of carbonyl (C=O) groups excluding carboxylic acids is 1. The zero-order chi connectivity index (χ0) is 9.30. The Labute approximate surface area is 91.5 Å². The molecular weight excluding hydrogens is 339 g/mol. The van der Waals surface area contributed by atoms with Crippen LogP contribution in [0.5, 0.6) is 0 Å². The zero-order valence-corrected chi connectivity index (χ0v) is 10.2. The quantitative estimate of drug-likeness (QED) is 0.574. The van der Waals surface area contributed by atoms with Crippen LogP contribution >= 0.6 is 38.5 Å². The molecule has 0 aliphatic rings. The van der Waals surface area contributed by atoms with Gasteiger partial charge in [-0.05, 0) is 38.5 Å². The van der Waals surface area contributed by atoms with Crippen molar-refractivity contribution in [2.24, 2.45) is 7.05 Å². The van der Waals surface area contributed by atoms with E-state index in [1.165, 1.54) is 11.8 Å². The molecule has 1 rings (SSSR count). The largest absolute Gasteiger partial charge is 0.464 e. The first kappa shape index (κ1) is 9.97. The second-order valence-electron chi connectivity index (χ2n) is 2.07. The smallest absolute Gasteiger partial charge is 0.357 e. The van der Waals surface area contributed by atoms with Gasteiger partial charge in [0.1, 0.15) is 4.60 Å². The Bertz CT molecular complexity index is 324. The number of hydrogen-bond donors (Lipinski definition) is 0. The van der Waals surface area contributed by atoms with E-state index in [0.29, 0.717) is 10.3 Å². The molecule has 0 aliphatic heterocycles. The van der Waals surface area contributed by atoms with Gasteiger partial charge in [0.15, 0.2) is 5.69 Å². The van der Waals surface area contributed by atoms with Crippen LogP contribution in [0.15, 0.2) is 4.60 Å². The van der Waals surface area contributed by atoms with Gasteiger partial charge in [-0.15, -0.1) is 0 Å². The van der Waals surface area contributed by atoms with Gasteiger partial charge < -0.3 is 4.74 Å². The maximum absolute atomic E-state index is 11.2. The summed E-state index contributed by atoms with van der Waals surface area (Å²) in [5.74, 6) is -0.375. The Balaban J connectivity index is 3.22. The Hall–Kier alpha value is -0.110. The molecule has 0 fully saturated rings. The summed E-state index contributed by atoms with van der Waals surface area (Å²) in [7, 11) is 3.04. The third-order valence-corrected chi connectivity index (χ3v) is 3.65. The van der Waals surface area contributed by atoms with Gasteiger partial charge in [-0.2, -0.15) is 5.10 Å². The molecule has 0 radical (unpaired) electrons. The average molecular weight is 345 g/mol. The maximum atomic E-state index is 11.2. The van der Waals surface area contributed by atoms with E-state index < -0.39 is 0 Å². The van der Waals surface area contributed by atoms with Crippen LogP contribution in [0.2, 0.25) is 0 Å². The van der Waals surface area contributed by atoms with Gasteiger partial charge in [-0.3, -0.25) is 4.68 Å². The van der Waals surface area contributed by atoms with Crippen LogP contribution in [0.4, 0.5) is 0 Å². The van der Waals surface area contributed by atoms with Gasteiger partial charge in [-0.25, -0.2) is 4.79 Å². The first-order valence-corrected chi connectivity index (χ1v) is 4.91. The molecule has 0 aromatic carbocycles. The molecule has 66 valence electrons. The molecule has 0 N–H and O–H groups in total. The van der Waals surface area contributed by atoms with E-state index in [-0.39, 0.29) is 5.97 Å². The van der Waals surface area contributed by atoms with Gasteiger partial charge in [0, 0.05) is 7.05 Å². The van der Waals surface area contributed by atoms with Crippen LogP contribution in [-0.2, 0) is 11.8 Å². The van der Waals surface area contributed by atoms with Crippen LogP contribution in [0, 0.1) is 3.57 Å². The minimum atomic E-state index is -0.375. The van der Waals surface area contributed by atoms with Crippen LogP contribution in [0.25, 0.3) is 0 Å². The minimum absolute atomic E-state index is 0.375. The number of rotatable bonds is 1. The molecule has 1 aromatic rings. The summed E-state index contributed by atoms with van der Waals surface area (Å²) < 4.78 is 7.49. The lowest BCUT2D eigenvalue weighted by molar-refractivity contribution is 0.0587. The number of hydrogen-bond acceptors (Lipinski definition) is 3. The van der Waals surface area contributed by atoms with Gasteiger partial charge in [0.25, 0.3) is 0 Å².